The van der Waals surface area contributed by atoms with E-state index in [1.54, 1.807) is 36.5 Å². The molecule has 0 bridgehead atoms. The summed E-state index contributed by atoms with van der Waals surface area (Å²) in [6.07, 6.45) is 2.10. The van der Waals surface area contributed by atoms with Gasteiger partial charge in [-0.15, -0.1) is 0 Å². The van der Waals surface area contributed by atoms with E-state index >= 15 is 0 Å². The van der Waals surface area contributed by atoms with Crippen molar-refractivity contribution in [2.24, 2.45) is 0 Å². The van der Waals surface area contributed by atoms with E-state index in [0.29, 0.717) is 41.1 Å². The minimum absolute atomic E-state index is 0.193. The van der Waals surface area contributed by atoms with Crippen LogP contribution in [0.5, 0.6) is 5.75 Å². The largest absolute Gasteiger partial charge is 0.489 e. The summed E-state index contributed by atoms with van der Waals surface area (Å²) >= 11 is 0. The van der Waals surface area contributed by atoms with Gasteiger partial charge < -0.3 is 15.0 Å². The Morgan fingerprint density at radius 1 is 1.00 bits per heavy atom. The van der Waals surface area contributed by atoms with Gasteiger partial charge >= 0.3 is 0 Å². The van der Waals surface area contributed by atoms with E-state index in [0.717, 1.165) is 11.6 Å². The van der Waals surface area contributed by atoms with Gasteiger partial charge in [-0.05, 0) is 35.9 Å². The van der Waals surface area contributed by atoms with E-state index in [1.807, 2.05) is 12.1 Å². The predicted octanol–water partition coefficient (Wildman–Crippen LogP) is 4.91. The number of pyridine rings is 1. The third-order valence-corrected chi connectivity index (χ3v) is 4.43. The number of aromatic nitrogens is 2. The number of ether oxygens (including phenoxy) is 1. The molecular formula is C22H16F3N3O2. The summed E-state index contributed by atoms with van der Waals surface area (Å²) in [5.74, 6) is -1.90. The molecule has 0 spiro atoms. The first-order chi connectivity index (χ1) is 14.5. The van der Waals surface area contributed by atoms with Gasteiger partial charge in [-0.1, -0.05) is 17.3 Å². The van der Waals surface area contributed by atoms with E-state index in [2.05, 4.69) is 10.1 Å². The number of rotatable bonds is 6. The van der Waals surface area contributed by atoms with Crippen LogP contribution in [0.15, 0.2) is 65.3 Å². The van der Waals surface area contributed by atoms with E-state index < -0.39 is 17.5 Å². The maximum atomic E-state index is 13.7. The van der Waals surface area contributed by atoms with Crippen LogP contribution in [-0.2, 0) is 13.0 Å². The summed E-state index contributed by atoms with van der Waals surface area (Å²) in [5, 5.41) is 4.05. The van der Waals surface area contributed by atoms with Gasteiger partial charge in [0.2, 0.25) is 0 Å². The molecule has 0 radical (unpaired) electrons. The van der Waals surface area contributed by atoms with Gasteiger partial charge in [0.25, 0.3) is 0 Å². The Balaban J connectivity index is 1.41. The summed E-state index contributed by atoms with van der Waals surface area (Å²) in [4.78, 5) is 4.02. The number of anilines is 1. The van der Waals surface area contributed by atoms with Gasteiger partial charge in [-0.3, -0.25) is 0 Å². The zero-order valence-electron chi connectivity index (χ0n) is 15.6. The zero-order chi connectivity index (χ0) is 21.1. The maximum absolute atomic E-state index is 13.7. The first-order valence-corrected chi connectivity index (χ1v) is 9.01. The van der Waals surface area contributed by atoms with Crippen LogP contribution >= 0.6 is 0 Å². The smallest absolute Gasteiger partial charge is 0.170 e. The fraction of sp³-hybridized carbons (Fsp3) is 0.0909. The van der Waals surface area contributed by atoms with Crippen molar-refractivity contribution in [1.29, 1.82) is 0 Å². The normalized spacial score (nSPS) is 10.9. The third-order valence-electron chi connectivity index (χ3n) is 4.43. The molecule has 0 fully saturated rings. The molecule has 152 valence electrons. The first-order valence-electron chi connectivity index (χ1n) is 9.01. The van der Waals surface area contributed by atoms with Crippen LogP contribution in [0.25, 0.3) is 11.3 Å². The lowest BCUT2D eigenvalue weighted by atomic mass is 10.1. The summed E-state index contributed by atoms with van der Waals surface area (Å²) in [6.45, 7) is -0.293. The van der Waals surface area contributed by atoms with Gasteiger partial charge in [0, 0.05) is 30.3 Å². The number of nitrogens with zero attached hydrogens (tertiary/aromatic N) is 2. The van der Waals surface area contributed by atoms with Crippen LogP contribution in [0.1, 0.15) is 16.8 Å². The molecule has 4 rings (SSSR count). The Hall–Kier alpha value is -3.81. The number of hydrogen-bond donors (Lipinski definition) is 1. The van der Waals surface area contributed by atoms with Crippen LogP contribution in [0, 0.1) is 17.5 Å². The molecule has 4 aromatic rings. The number of hydrogen-bond acceptors (Lipinski definition) is 5. The van der Waals surface area contributed by atoms with Gasteiger partial charge in [-0.2, -0.15) is 0 Å². The quantitative estimate of drug-likeness (QED) is 0.457. The fourth-order valence-corrected chi connectivity index (χ4v) is 2.94. The topological polar surface area (TPSA) is 74.2 Å². The molecule has 2 aromatic carbocycles. The lowest BCUT2D eigenvalue weighted by Gasteiger charge is -2.08. The van der Waals surface area contributed by atoms with Crippen molar-refractivity contribution >= 4 is 5.82 Å². The highest BCUT2D eigenvalue weighted by Crippen LogP contribution is 2.25. The van der Waals surface area contributed by atoms with Gasteiger partial charge in [0.1, 0.15) is 24.0 Å². The molecule has 5 nitrogen and oxygen atoms in total. The molecule has 30 heavy (non-hydrogen) atoms. The summed E-state index contributed by atoms with van der Waals surface area (Å²) in [5.41, 5.74) is 7.97. The van der Waals surface area contributed by atoms with Crippen LogP contribution in [0.4, 0.5) is 19.0 Å². The molecule has 0 atom stereocenters. The Bertz CT molecular complexity index is 1180. The molecule has 0 unspecified atom stereocenters. The van der Waals surface area contributed by atoms with Crippen LogP contribution in [0.3, 0.4) is 0 Å². The Labute approximate surface area is 169 Å². The Morgan fingerprint density at radius 2 is 1.80 bits per heavy atom. The molecule has 0 aliphatic heterocycles. The monoisotopic (exact) mass is 411 g/mol. The van der Waals surface area contributed by atoms with Crippen molar-refractivity contribution in [1.82, 2.24) is 10.1 Å². The molecule has 2 N–H and O–H groups in total. The van der Waals surface area contributed by atoms with E-state index in [-0.39, 0.29) is 12.2 Å². The SMILES string of the molecule is Nc1ncccc1-c1cc(Cc2ccc(OCc3cc(F)cc(F)c3F)cc2)no1. The molecule has 0 aliphatic carbocycles. The van der Waals surface area contributed by atoms with Crippen LogP contribution in [-0.4, -0.2) is 10.1 Å². The van der Waals surface area contributed by atoms with Crippen molar-refractivity contribution < 1.29 is 22.4 Å². The van der Waals surface area contributed by atoms with Crippen molar-refractivity contribution in [3.05, 3.63) is 95.1 Å². The zero-order valence-corrected chi connectivity index (χ0v) is 15.6. The summed E-state index contributed by atoms with van der Waals surface area (Å²) in [6, 6.07) is 13.7. The van der Waals surface area contributed by atoms with E-state index in [4.69, 9.17) is 15.0 Å². The van der Waals surface area contributed by atoms with Gasteiger partial charge in [0.15, 0.2) is 17.4 Å². The fourth-order valence-electron chi connectivity index (χ4n) is 2.94. The molecule has 0 saturated heterocycles. The van der Waals surface area contributed by atoms with Gasteiger partial charge in [-0.25, -0.2) is 18.2 Å². The molecule has 2 heterocycles. The van der Waals surface area contributed by atoms with Crippen molar-refractivity contribution in [3.63, 3.8) is 0 Å². The third kappa shape index (κ3) is 4.27. The number of halogens is 3. The number of nitrogens with two attached hydrogens (primary N) is 1. The van der Waals surface area contributed by atoms with Crippen molar-refractivity contribution in [2.45, 2.75) is 13.0 Å². The van der Waals surface area contributed by atoms with E-state index in [9.17, 15) is 13.2 Å². The molecule has 0 saturated carbocycles. The highest BCUT2D eigenvalue weighted by atomic mass is 19.2. The summed E-state index contributed by atoms with van der Waals surface area (Å²) in [7, 11) is 0. The van der Waals surface area contributed by atoms with Crippen molar-refractivity contribution in [3.8, 4) is 17.1 Å². The Kier molecular flexibility index (Phi) is 5.38. The molecule has 0 amide bonds. The second-order valence-electron chi connectivity index (χ2n) is 6.59. The predicted molar refractivity (Wildman–Crippen MR) is 104 cm³/mol. The molecule has 2 aromatic heterocycles. The van der Waals surface area contributed by atoms with E-state index in [1.165, 1.54) is 0 Å². The highest BCUT2D eigenvalue weighted by molar-refractivity contribution is 5.69. The average Bonchev–Trinajstić information content (AvgIpc) is 3.19. The minimum Gasteiger partial charge on any atom is -0.489 e. The molecular weight excluding hydrogens is 395 g/mol. The van der Waals surface area contributed by atoms with Crippen LogP contribution < -0.4 is 10.5 Å². The summed E-state index contributed by atoms with van der Waals surface area (Å²) < 4.78 is 51.0. The maximum Gasteiger partial charge on any atom is 0.170 e. The second-order valence-corrected chi connectivity index (χ2v) is 6.59. The molecule has 8 heteroatoms. The highest BCUT2D eigenvalue weighted by Gasteiger charge is 2.13. The average molecular weight is 411 g/mol. The minimum atomic E-state index is -1.25. The Morgan fingerprint density at radius 3 is 2.57 bits per heavy atom. The number of nitrogen functional groups attached to an aromatic ring is 1. The molecule has 0 aliphatic rings. The lowest BCUT2D eigenvalue weighted by Crippen LogP contribution is -2.02. The van der Waals surface area contributed by atoms with Crippen molar-refractivity contribution in [2.75, 3.05) is 5.73 Å². The number of benzene rings is 2. The standard InChI is InChI=1S/C22H16F3N3O2/c23-15-9-14(21(25)19(24)10-15)12-29-17-5-3-13(4-6-17)8-16-11-20(30-28-16)18-2-1-7-27-22(18)26/h1-7,9-11H,8,12H2,(H2,26,27). The first kappa shape index (κ1) is 19.5. The second kappa shape index (κ2) is 8.28. The van der Waals surface area contributed by atoms with Crippen LogP contribution in [0.2, 0.25) is 0 Å². The lowest BCUT2D eigenvalue weighted by molar-refractivity contribution is 0.296. The van der Waals surface area contributed by atoms with Gasteiger partial charge in [0.05, 0.1) is 11.3 Å².